The van der Waals surface area contributed by atoms with E-state index < -0.39 is 8.03 Å². The molecular weight excluding hydrogens is 235 g/mol. The molecule has 0 aliphatic carbocycles. The Hall–Kier alpha value is -0.0200. The van der Waals surface area contributed by atoms with Crippen LogP contribution in [0.15, 0.2) is 0 Å². The summed E-state index contributed by atoms with van der Waals surface area (Å²) in [5.41, 5.74) is 0. The second kappa shape index (κ2) is 7.42. The van der Waals surface area contributed by atoms with Crippen LogP contribution < -0.4 is 0 Å². The summed E-state index contributed by atoms with van der Waals surface area (Å²) in [7, 11) is -1.49. The van der Waals surface area contributed by atoms with Gasteiger partial charge in [0.15, 0.2) is 6.73 Å². The van der Waals surface area contributed by atoms with E-state index in [0.717, 1.165) is 26.2 Å². The summed E-state index contributed by atoms with van der Waals surface area (Å²) in [6.45, 7) is 4.95. The lowest BCUT2D eigenvalue weighted by atomic mass is 10.1. The summed E-state index contributed by atoms with van der Waals surface area (Å²) in [6.07, 6.45) is 8.28. The van der Waals surface area contributed by atoms with E-state index in [0.29, 0.717) is 13.0 Å². The van der Waals surface area contributed by atoms with Crippen molar-refractivity contribution in [1.29, 1.82) is 0 Å². The van der Waals surface area contributed by atoms with Crippen molar-refractivity contribution in [3.05, 3.63) is 0 Å². The molecule has 4 nitrogen and oxygen atoms in total. The first-order valence-electron chi connectivity index (χ1n) is 6.87. The summed E-state index contributed by atoms with van der Waals surface area (Å²) in [6, 6.07) is 0. The van der Waals surface area contributed by atoms with E-state index in [1.807, 2.05) is 0 Å². The number of hydrogen-bond donors (Lipinski definition) is 0. The van der Waals surface area contributed by atoms with Gasteiger partial charge in [-0.1, -0.05) is 12.8 Å². The normalized spacial score (nSPS) is 24.8. The quantitative estimate of drug-likeness (QED) is 0.711. The fourth-order valence-electron chi connectivity index (χ4n) is 2.54. The summed E-state index contributed by atoms with van der Waals surface area (Å²) >= 11 is 0. The van der Waals surface area contributed by atoms with Gasteiger partial charge in [-0.25, -0.2) is 0 Å². The van der Waals surface area contributed by atoms with Crippen LogP contribution in [-0.4, -0.2) is 49.0 Å². The van der Waals surface area contributed by atoms with Crippen LogP contribution >= 0.6 is 8.03 Å². The van der Waals surface area contributed by atoms with Gasteiger partial charge in [-0.05, 0) is 30.2 Å². The lowest BCUT2D eigenvalue weighted by Gasteiger charge is -2.24. The maximum Gasteiger partial charge on any atom is 0.525 e. The highest BCUT2D eigenvalue weighted by atomic mass is 31.1. The fourth-order valence-corrected chi connectivity index (χ4v) is 3.52. The van der Waals surface area contributed by atoms with E-state index in [-0.39, 0.29) is 0 Å². The largest absolute Gasteiger partial charge is 0.525 e. The first-order chi connectivity index (χ1) is 8.34. The van der Waals surface area contributed by atoms with Gasteiger partial charge < -0.3 is 0 Å². The van der Waals surface area contributed by atoms with Crippen molar-refractivity contribution in [3.63, 3.8) is 0 Å². The molecular formula is C12H24N2O2P+. The van der Waals surface area contributed by atoms with Crippen LogP contribution in [0.1, 0.15) is 38.5 Å². The number of nitrogens with zero attached hydrogens (tertiary/aromatic N) is 2. The molecule has 0 bridgehead atoms. The van der Waals surface area contributed by atoms with Crippen molar-refractivity contribution in [1.82, 2.24) is 9.80 Å². The molecule has 0 aromatic heterocycles. The van der Waals surface area contributed by atoms with E-state index in [1.54, 1.807) is 0 Å². The predicted molar refractivity (Wildman–Crippen MR) is 69.3 cm³/mol. The molecule has 98 valence electrons. The van der Waals surface area contributed by atoms with Crippen LogP contribution in [0.4, 0.5) is 0 Å². The van der Waals surface area contributed by atoms with Crippen LogP contribution in [0.2, 0.25) is 0 Å². The van der Waals surface area contributed by atoms with Crippen LogP contribution in [0, 0.1) is 0 Å². The Morgan fingerprint density at radius 2 is 1.35 bits per heavy atom. The van der Waals surface area contributed by atoms with Crippen molar-refractivity contribution in [2.45, 2.75) is 38.5 Å². The maximum atomic E-state index is 11.8. The van der Waals surface area contributed by atoms with Gasteiger partial charge in [-0.2, -0.15) is 0 Å². The maximum absolute atomic E-state index is 11.8. The Bertz CT molecular complexity index is 239. The van der Waals surface area contributed by atoms with Crippen molar-refractivity contribution < 1.29 is 9.09 Å². The molecule has 17 heavy (non-hydrogen) atoms. The second-order valence-corrected chi connectivity index (χ2v) is 6.30. The molecule has 2 aliphatic rings. The number of rotatable bonds is 5. The number of piperidine rings is 2. The molecule has 5 heteroatoms. The van der Waals surface area contributed by atoms with Crippen molar-refractivity contribution in [2.75, 3.05) is 39.2 Å². The van der Waals surface area contributed by atoms with Gasteiger partial charge in [-0.15, -0.1) is 4.52 Å². The van der Waals surface area contributed by atoms with Crippen LogP contribution in [0.3, 0.4) is 0 Å². The molecule has 0 aromatic carbocycles. The minimum absolute atomic E-state index is 0.559. The van der Waals surface area contributed by atoms with E-state index in [1.165, 1.54) is 38.5 Å². The Kier molecular flexibility index (Phi) is 5.86. The fraction of sp³-hybridized carbons (Fsp3) is 1.00. The minimum atomic E-state index is -1.49. The second-order valence-electron chi connectivity index (χ2n) is 5.09. The smallest absolute Gasteiger partial charge is 0.277 e. The summed E-state index contributed by atoms with van der Waals surface area (Å²) in [4.78, 5) is 4.55. The monoisotopic (exact) mass is 259 g/mol. The molecule has 1 unspecified atom stereocenters. The van der Waals surface area contributed by atoms with Crippen molar-refractivity contribution >= 4 is 8.03 Å². The van der Waals surface area contributed by atoms with Crippen LogP contribution in [-0.2, 0) is 9.09 Å². The molecule has 1 atom stereocenters. The van der Waals surface area contributed by atoms with Crippen LogP contribution in [0.25, 0.3) is 0 Å². The molecule has 2 aliphatic heterocycles. The van der Waals surface area contributed by atoms with Gasteiger partial charge in [0.25, 0.3) is 0 Å². The molecule has 2 saturated heterocycles. The molecule has 0 radical (unpaired) electrons. The van der Waals surface area contributed by atoms with Gasteiger partial charge in [0.1, 0.15) is 0 Å². The Balaban J connectivity index is 1.59. The topological polar surface area (TPSA) is 32.8 Å². The van der Waals surface area contributed by atoms with E-state index >= 15 is 0 Å². The van der Waals surface area contributed by atoms with Gasteiger partial charge >= 0.3 is 8.03 Å². The molecule has 0 N–H and O–H groups in total. The molecule has 0 aromatic rings. The van der Waals surface area contributed by atoms with Gasteiger partial charge in [0.2, 0.25) is 6.29 Å². The molecule has 2 rings (SSSR count). The molecule has 2 heterocycles. The zero-order valence-electron chi connectivity index (χ0n) is 10.6. The molecule has 0 saturated carbocycles. The molecule has 2 fully saturated rings. The van der Waals surface area contributed by atoms with E-state index in [2.05, 4.69) is 9.80 Å². The van der Waals surface area contributed by atoms with Gasteiger partial charge in [-0.3, -0.25) is 9.80 Å². The minimum Gasteiger partial charge on any atom is -0.277 e. The zero-order valence-corrected chi connectivity index (χ0v) is 11.5. The first kappa shape index (κ1) is 13.4. The highest BCUT2D eigenvalue weighted by Crippen LogP contribution is 2.26. The van der Waals surface area contributed by atoms with Crippen LogP contribution in [0.5, 0.6) is 0 Å². The predicted octanol–water partition coefficient (Wildman–Crippen LogP) is 2.63. The summed E-state index contributed by atoms with van der Waals surface area (Å²) in [5.74, 6) is 0. The standard InChI is InChI=1S/C12H24N2O2P/c15-17(12-14-9-5-2-6-10-14)16-11-13-7-3-1-4-8-13/h1-12H2/q+1. The third-order valence-corrected chi connectivity index (χ3v) is 4.63. The Labute approximate surface area is 105 Å². The first-order valence-corrected chi connectivity index (χ1v) is 8.23. The molecule has 0 spiro atoms. The zero-order chi connectivity index (χ0) is 11.9. The third kappa shape index (κ3) is 5.01. The average Bonchev–Trinajstić information content (AvgIpc) is 2.39. The summed E-state index contributed by atoms with van der Waals surface area (Å²) < 4.78 is 17.3. The van der Waals surface area contributed by atoms with Gasteiger partial charge in [0, 0.05) is 26.2 Å². The van der Waals surface area contributed by atoms with Gasteiger partial charge in [0.05, 0.1) is 0 Å². The Morgan fingerprint density at radius 3 is 1.94 bits per heavy atom. The summed E-state index contributed by atoms with van der Waals surface area (Å²) in [5, 5.41) is 0. The number of hydrogen-bond acceptors (Lipinski definition) is 4. The lowest BCUT2D eigenvalue weighted by molar-refractivity contribution is 0.110. The Morgan fingerprint density at radius 1 is 0.824 bits per heavy atom. The highest BCUT2D eigenvalue weighted by Gasteiger charge is 2.25. The average molecular weight is 259 g/mol. The molecule has 0 amide bonds. The van der Waals surface area contributed by atoms with Crippen molar-refractivity contribution in [2.24, 2.45) is 0 Å². The third-order valence-electron chi connectivity index (χ3n) is 3.60. The van der Waals surface area contributed by atoms with E-state index in [9.17, 15) is 4.57 Å². The SMILES string of the molecule is O=[P+](CN1CCCCC1)OCN1CCCCC1. The van der Waals surface area contributed by atoms with Crippen molar-refractivity contribution in [3.8, 4) is 0 Å². The number of likely N-dealkylation sites (tertiary alicyclic amines) is 2. The lowest BCUT2D eigenvalue weighted by Crippen LogP contribution is -2.32. The van der Waals surface area contributed by atoms with E-state index in [4.69, 9.17) is 4.52 Å². The highest BCUT2D eigenvalue weighted by molar-refractivity contribution is 7.39.